The molecule has 0 amide bonds. The lowest BCUT2D eigenvalue weighted by Crippen LogP contribution is -2.04. The van der Waals surface area contributed by atoms with E-state index in [-0.39, 0.29) is 0 Å². The number of hydrogen-bond donors (Lipinski definition) is 1. The largest absolute Gasteiger partial charge is 0.494 e. The molecular formula is C16H20N2O2. The molecule has 0 saturated carbocycles. The van der Waals surface area contributed by atoms with Crippen LogP contribution in [0.5, 0.6) is 17.4 Å². The fraction of sp³-hybridized carbons (Fsp3) is 0.312. The lowest BCUT2D eigenvalue weighted by molar-refractivity contribution is 0.317. The summed E-state index contributed by atoms with van der Waals surface area (Å²) in [7, 11) is 0. The van der Waals surface area contributed by atoms with Crippen molar-refractivity contribution in [3.05, 3.63) is 48.2 Å². The number of hydrogen-bond acceptors (Lipinski definition) is 4. The maximum Gasteiger partial charge on any atom is 0.222 e. The molecule has 0 radical (unpaired) electrons. The molecule has 1 heterocycles. The van der Waals surface area contributed by atoms with Gasteiger partial charge in [-0.3, -0.25) is 0 Å². The maximum atomic E-state index is 5.80. The third-order valence-corrected chi connectivity index (χ3v) is 2.77. The molecule has 1 aromatic heterocycles. The monoisotopic (exact) mass is 272 g/mol. The van der Waals surface area contributed by atoms with Crippen LogP contribution in [0.25, 0.3) is 0 Å². The van der Waals surface area contributed by atoms with Crippen LogP contribution >= 0.6 is 0 Å². The van der Waals surface area contributed by atoms with E-state index in [0.717, 1.165) is 36.5 Å². The number of nitrogens with two attached hydrogens (primary N) is 1. The molecule has 4 heteroatoms. The highest BCUT2D eigenvalue weighted by Crippen LogP contribution is 2.25. The van der Waals surface area contributed by atoms with Gasteiger partial charge >= 0.3 is 0 Å². The van der Waals surface area contributed by atoms with Crippen molar-refractivity contribution in [2.75, 3.05) is 13.2 Å². The summed E-state index contributed by atoms with van der Waals surface area (Å²) in [5.74, 6) is 2.20. The molecule has 0 unspecified atom stereocenters. The van der Waals surface area contributed by atoms with Gasteiger partial charge in [0.15, 0.2) is 0 Å². The summed E-state index contributed by atoms with van der Waals surface area (Å²) in [5, 5.41) is 0. The first-order valence-corrected chi connectivity index (χ1v) is 6.88. The second-order valence-electron chi connectivity index (χ2n) is 4.43. The summed E-state index contributed by atoms with van der Waals surface area (Å²) < 4.78 is 11.3. The first-order valence-electron chi connectivity index (χ1n) is 6.88. The minimum absolute atomic E-state index is 0.575. The molecule has 0 aliphatic carbocycles. The first-order chi connectivity index (χ1) is 9.83. The number of pyridine rings is 1. The molecule has 2 N–H and O–H groups in total. The Labute approximate surface area is 119 Å². The van der Waals surface area contributed by atoms with Gasteiger partial charge in [-0.25, -0.2) is 4.98 Å². The lowest BCUT2D eigenvalue weighted by Gasteiger charge is -2.10. The zero-order valence-electron chi connectivity index (χ0n) is 11.7. The van der Waals surface area contributed by atoms with Gasteiger partial charge in [0.25, 0.3) is 0 Å². The van der Waals surface area contributed by atoms with Crippen LogP contribution in [0.4, 0.5) is 0 Å². The Morgan fingerprint density at radius 1 is 1.10 bits per heavy atom. The van der Waals surface area contributed by atoms with Crippen LogP contribution in [0.2, 0.25) is 0 Å². The Morgan fingerprint density at radius 2 is 1.85 bits per heavy atom. The number of aromatic nitrogens is 1. The first kappa shape index (κ1) is 14.3. The van der Waals surface area contributed by atoms with Crippen LogP contribution in [-0.4, -0.2) is 18.1 Å². The van der Waals surface area contributed by atoms with E-state index in [1.807, 2.05) is 36.4 Å². The van der Waals surface area contributed by atoms with Gasteiger partial charge in [-0.05, 0) is 49.7 Å². The standard InChI is InChI=1S/C16H20N2O2/c1-2-12-19-14-5-7-15(8-6-14)20-16-13(9-10-17)4-3-11-18-16/h3-8,11H,2,9-10,12,17H2,1H3. The van der Waals surface area contributed by atoms with Crippen molar-refractivity contribution in [2.24, 2.45) is 5.73 Å². The molecule has 0 fully saturated rings. The Balaban J connectivity index is 2.06. The Hall–Kier alpha value is -2.07. The molecule has 0 aliphatic heterocycles. The van der Waals surface area contributed by atoms with E-state index in [9.17, 15) is 0 Å². The highest BCUT2D eigenvalue weighted by molar-refractivity contribution is 5.36. The quantitative estimate of drug-likeness (QED) is 0.841. The molecule has 106 valence electrons. The maximum absolute atomic E-state index is 5.80. The summed E-state index contributed by atoms with van der Waals surface area (Å²) in [6.07, 6.45) is 3.46. The van der Waals surface area contributed by atoms with Crippen molar-refractivity contribution in [3.8, 4) is 17.4 Å². The average molecular weight is 272 g/mol. The zero-order chi connectivity index (χ0) is 14.2. The van der Waals surface area contributed by atoms with Crippen molar-refractivity contribution >= 4 is 0 Å². The van der Waals surface area contributed by atoms with Gasteiger partial charge in [-0.2, -0.15) is 0 Å². The van der Waals surface area contributed by atoms with Crippen molar-refractivity contribution in [2.45, 2.75) is 19.8 Å². The van der Waals surface area contributed by atoms with E-state index in [2.05, 4.69) is 11.9 Å². The Bertz CT molecular complexity index is 526. The summed E-state index contributed by atoms with van der Waals surface area (Å²) >= 11 is 0. The molecular weight excluding hydrogens is 252 g/mol. The summed E-state index contributed by atoms with van der Waals surface area (Å²) in [4.78, 5) is 4.26. The number of rotatable bonds is 7. The van der Waals surface area contributed by atoms with Gasteiger partial charge in [-0.1, -0.05) is 13.0 Å². The second-order valence-corrected chi connectivity index (χ2v) is 4.43. The molecule has 2 rings (SSSR count). The van der Waals surface area contributed by atoms with Gasteiger partial charge < -0.3 is 15.2 Å². The van der Waals surface area contributed by atoms with Crippen LogP contribution in [0.3, 0.4) is 0 Å². The summed E-state index contributed by atoms with van der Waals surface area (Å²) in [6, 6.07) is 11.4. The van der Waals surface area contributed by atoms with Crippen molar-refractivity contribution < 1.29 is 9.47 Å². The van der Waals surface area contributed by atoms with Crippen LogP contribution < -0.4 is 15.2 Å². The van der Waals surface area contributed by atoms with E-state index >= 15 is 0 Å². The smallest absolute Gasteiger partial charge is 0.222 e. The molecule has 0 bridgehead atoms. The average Bonchev–Trinajstić information content (AvgIpc) is 2.49. The SMILES string of the molecule is CCCOc1ccc(Oc2ncccc2CCN)cc1. The molecule has 0 aliphatic rings. The Kier molecular flexibility index (Phi) is 5.38. The van der Waals surface area contributed by atoms with Gasteiger partial charge in [0.1, 0.15) is 11.5 Å². The number of benzene rings is 1. The molecule has 0 saturated heterocycles. The van der Waals surface area contributed by atoms with Gasteiger partial charge in [0.05, 0.1) is 6.61 Å². The van der Waals surface area contributed by atoms with E-state index in [1.54, 1.807) is 6.20 Å². The molecule has 4 nitrogen and oxygen atoms in total. The predicted octanol–water partition coefficient (Wildman–Crippen LogP) is 3.16. The molecule has 20 heavy (non-hydrogen) atoms. The van der Waals surface area contributed by atoms with Gasteiger partial charge in [0, 0.05) is 11.8 Å². The molecule has 0 atom stereocenters. The third-order valence-electron chi connectivity index (χ3n) is 2.77. The van der Waals surface area contributed by atoms with Crippen LogP contribution in [0.1, 0.15) is 18.9 Å². The van der Waals surface area contributed by atoms with E-state index in [0.29, 0.717) is 12.4 Å². The normalized spacial score (nSPS) is 10.3. The predicted molar refractivity (Wildman–Crippen MR) is 79.3 cm³/mol. The van der Waals surface area contributed by atoms with Gasteiger partial charge in [-0.15, -0.1) is 0 Å². The van der Waals surface area contributed by atoms with Crippen molar-refractivity contribution in [1.29, 1.82) is 0 Å². The molecule has 1 aromatic carbocycles. The van der Waals surface area contributed by atoms with Crippen LogP contribution in [-0.2, 0) is 6.42 Å². The fourth-order valence-corrected chi connectivity index (χ4v) is 1.80. The van der Waals surface area contributed by atoms with Crippen LogP contribution in [0.15, 0.2) is 42.6 Å². The lowest BCUT2D eigenvalue weighted by atomic mass is 10.2. The van der Waals surface area contributed by atoms with E-state index < -0.39 is 0 Å². The summed E-state index contributed by atoms with van der Waals surface area (Å²) in [5.41, 5.74) is 6.60. The zero-order valence-corrected chi connectivity index (χ0v) is 11.7. The minimum atomic E-state index is 0.575. The minimum Gasteiger partial charge on any atom is -0.494 e. The Morgan fingerprint density at radius 3 is 2.55 bits per heavy atom. The highest BCUT2D eigenvalue weighted by atomic mass is 16.5. The number of ether oxygens (including phenoxy) is 2. The molecule has 2 aromatic rings. The van der Waals surface area contributed by atoms with Gasteiger partial charge in [0.2, 0.25) is 5.88 Å². The third kappa shape index (κ3) is 3.96. The van der Waals surface area contributed by atoms with Crippen molar-refractivity contribution in [3.63, 3.8) is 0 Å². The topological polar surface area (TPSA) is 57.4 Å². The van der Waals surface area contributed by atoms with Crippen LogP contribution in [0, 0.1) is 0 Å². The van der Waals surface area contributed by atoms with E-state index in [4.69, 9.17) is 15.2 Å². The highest BCUT2D eigenvalue weighted by Gasteiger charge is 2.05. The van der Waals surface area contributed by atoms with E-state index in [1.165, 1.54) is 0 Å². The van der Waals surface area contributed by atoms with Crippen molar-refractivity contribution in [1.82, 2.24) is 4.98 Å². The molecule has 0 spiro atoms. The number of nitrogens with zero attached hydrogens (tertiary/aromatic N) is 1. The second kappa shape index (κ2) is 7.50. The fourth-order valence-electron chi connectivity index (χ4n) is 1.80. The summed E-state index contributed by atoms with van der Waals surface area (Å²) in [6.45, 7) is 3.38.